The maximum atomic E-state index is 15.0. The number of carbonyl (C=O) groups is 7. The lowest BCUT2D eigenvalue weighted by atomic mass is 9.92. The third-order valence-electron chi connectivity index (χ3n) is 12.9. The summed E-state index contributed by atoms with van der Waals surface area (Å²) in [5, 5.41) is -0.972. The molecular weight excluding hydrogens is 1220 g/mol. The standard InChI is InChI=1S/C53H50Br2Cl4N2O16/c1-26(62)72-44-34(24-69-22-29-13-6-4-7-14-29)76-53(43(47(44)74-28(3)64)61-50(67)36-37(51(61)68)39(57)41(59)40(58)38(36)56)77-45-35(25-70-23-30-15-8-5-9-16-30)75-52(71-20-12-17-31(55)21-54)42(46(45)73-27(2)63)60-48(65)32-18-10-11-19-33(32)49(60)66/h4-11,13-16,18-19,31,34-35,42-47,52-53H,12,17,20-25H2,1-3H3/t31?,34-,35-,42-,43-,44-,45-,46-,47-,52-,53+/m1/s1. The van der Waals surface area contributed by atoms with Gasteiger partial charge >= 0.3 is 17.9 Å². The first-order chi connectivity index (χ1) is 36.9. The molecule has 4 aliphatic heterocycles. The zero-order chi connectivity index (χ0) is 55.2. The Morgan fingerprint density at radius 1 is 0.571 bits per heavy atom. The molecule has 4 amide bonds. The van der Waals surface area contributed by atoms with E-state index in [1.807, 2.05) is 36.4 Å². The van der Waals surface area contributed by atoms with E-state index < -0.39 is 131 Å². The van der Waals surface area contributed by atoms with Gasteiger partial charge in [0.05, 0.1) is 68.8 Å². The highest BCUT2D eigenvalue weighted by molar-refractivity contribution is 9.12. The quantitative estimate of drug-likeness (QED) is 0.0145. The van der Waals surface area contributed by atoms with E-state index in [2.05, 4.69) is 31.9 Å². The highest BCUT2D eigenvalue weighted by atomic mass is 79.9. The van der Waals surface area contributed by atoms with E-state index in [1.165, 1.54) is 12.1 Å². The molecule has 77 heavy (non-hydrogen) atoms. The van der Waals surface area contributed by atoms with Gasteiger partial charge in [-0.3, -0.25) is 43.4 Å². The van der Waals surface area contributed by atoms with Crippen molar-refractivity contribution in [2.24, 2.45) is 0 Å². The lowest BCUT2D eigenvalue weighted by molar-refractivity contribution is -0.343. The number of esters is 3. The third-order valence-corrected chi connectivity index (χ3v) is 17.1. The molecule has 24 heteroatoms. The summed E-state index contributed by atoms with van der Waals surface area (Å²) in [5.41, 5.74) is 0.616. The molecule has 11 atom stereocenters. The molecule has 4 heterocycles. The van der Waals surface area contributed by atoms with E-state index in [1.54, 1.807) is 36.4 Å². The number of halogens is 6. The van der Waals surface area contributed by atoms with Crippen LogP contribution in [0.15, 0.2) is 84.9 Å². The van der Waals surface area contributed by atoms with E-state index in [-0.39, 0.29) is 52.4 Å². The summed E-state index contributed by atoms with van der Waals surface area (Å²) >= 11 is 33.3. The Balaban J connectivity index is 1.29. The largest absolute Gasteiger partial charge is 0.457 e. The van der Waals surface area contributed by atoms with Crippen molar-refractivity contribution in [2.75, 3.05) is 25.2 Å². The van der Waals surface area contributed by atoms with E-state index in [9.17, 15) is 33.6 Å². The number of nitrogens with zero attached hydrogens (tertiary/aromatic N) is 2. The smallest absolute Gasteiger partial charge is 0.303 e. The molecule has 2 fully saturated rings. The molecule has 4 aromatic rings. The van der Waals surface area contributed by atoms with Crippen molar-refractivity contribution in [3.63, 3.8) is 0 Å². The fraction of sp³-hybridized carbons (Fsp3) is 0.415. The molecule has 0 bridgehead atoms. The number of hydrogen-bond acceptors (Lipinski definition) is 16. The van der Waals surface area contributed by atoms with Gasteiger partial charge in [-0.2, -0.15) is 0 Å². The first-order valence-electron chi connectivity index (χ1n) is 24.1. The average molecular weight is 1270 g/mol. The Kier molecular flexibility index (Phi) is 19.9. The van der Waals surface area contributed by atoms with Gasteiger partial charge in [-0.15, -0.1) is 0 Å². The second kappa shape index (κ2) is 26.2. The van der Waals surface area contributed by atoms with Crippen LogP contribution in [0.25, 0.3) is 0 Å². The Morgan fingerprint density at radius 2 is 0.987 bits per heavy atom. The molecule has 0 aromatic heterocycles. The van der Waals surface area contributed by atoms with E-state index in [0.717, 1.165) is 36.8 Å². The van der Waals surface area contributed by atoms with E-state index in [4.69, 9.17) is 89.0 Å². The van der Waals surface area contributed by atoms with Crippen LogP contribution in [0.5, 0.6) is 0 Å². The number of amides is 4. The number of ether oxygens (including phenoxy) is 9. The van der Waals surface area contributed by atoms with Crippen LogP contribution >= 0.6 is 78.3 Å². The van der Waals surface area contributed by atoms with Crippen molar-refractivity contribution in [1.82, 2.24) is 9.80 Å². The summed E-state index contributed by atoms with van der Waals surface area (Å²) < 4.78 is 57.5. The molecule has 1 unspecified atom stereocenters. The number of rotatable bonds is 21. The van der Waals surface area contributed by atoms with Gasteiger partial charge in [0.15, 0.2) is 30.9 Å². The summed E-state index contributed by atoms with van der Waals surface area (Å²) in [4.78, 5) is 101. The van der Waals surface area contributed by atoms with Crippen molar-refractivity contribution < 1.29 is 76.2 Å². The number of fused-ring (bicyclic) bond motifs is 2. The van der Waals surface area contributed by atoms with Crippen LogP contribution in [0.3, 0.4) is 0 Å². The van der Waals surface area contributed by atoms with Crippen molar-refractivity contribution in [2.45, 2.75) is 113 Å². The fourth-order valence-corrected chi connectivity index (χ4v) is 11.2. The Hall–Kier alpha value is -4.55. The van der Waals surface area contributed by atoms with Crippen LogP contribution in [0.1, 0.15) is 86.2 Å². The van der Waals surface area contributed by atoms with Crippen LogP contribution < -0.4 is 0 Å². The minimum atomic E-state index is -2.02. The Labute approximate surface area is 479 Å². The predicted octanol–water partition coefficient (Wildman–Crippen LogP) is 8.95. The van der Waals surface area contributed by atoms with Crippen LogP contribution in [0.2, 0.25) is 20.1 Å². The van der Waals surface area contributed by atoms with Gasteiger partial charge in [-0.1, -0.05) is 151 Å². The van der Waals surface area contributed by atoms with Crippen molar-refractivity contribution in [3.05, 3.63) is 138 Å². The molecule has 0 N–H and O–H groups in total. The molecule has 0 radical (unpaired) electrons. The van der Waals surface area contributed by atoms with Gasteiger partial charge in [0.2, 0.25) is 0 Å². The van der Waals surface area contributed by atoms with Crippen molar-refractivity contribution >= 4 is 120 Å². The Morgan fingerprint density at radius 3 is 1.47 bits per heavy atom. The number of carbonyl (C=O) groups excluding carboxylic acids is 7. The van der Waals surface area contributed by atoms with Crippen molar-refractivity contribution in [3.8, 4) is 0 Å². The van der Waals surface area contributed by atoms with Crippen LogP contribution in [0.4, 0.5) is 0 Å². The minimum Gasteiger partial charge on any atom is -0.457 e. The summed E-state index contributed by atoms with van der Waals surface area (Å²) in [6.07, 6.45) is -12.2. The molecule has 4 aromatic carbocycles. The molecule has 0 spiro atoms. The molecule has 0 aliphatic carbocycles. The Bertz CT molecular complexity index is 2790. The SMILES string of the molecule is CC(=O)O[C@H]1[C@H](O[C@@H]2O[C@H](COCc3ccccc3)[C@@H](OC(C)=O)[C@H](OC(C)=O)[C@H]2N2C(=O)c3c(Cl)c(Cl)c(Cl)c(Cl)c3C2=O)[C@@H](COCc2ccccc2)O[C@@H](OCCCC(Br)CBr)[C@@H]1N1C(=O)c2ccccc2C1=O. The molecule has 410 valence electrons. The van der Waals surface area contributed by atoms with E-state index in [0.29, 0.717) is 23.1 Å². The molecule has 8 rings (SSSR count). The lowest BCUT2D eigenvalue weighted by Crippen LogP contribution is -2.71. The molecule has 2 saturated heterocycles. The monoisotopic (exact) mass is 1270 g/mol. The lowest BCUT2D eigenvalue weighted by Gasteiger charge is -2.51. The van der Waals surface area contributed by atoms with Gasteiger partial charge in [-0.05, 0) is 36.1 Å². The van der Waals surface area contributed by atoms with Gasteiger partial charge in [0, 0.05) is 37.5 Å². The maximum Gasteiger partial charge on any atom is 0.303 e. The molecular formula is C53H50Br2Cl4N2O16. The zero-order valence-corrected chi connectivity index (χ0v) is 47.5. The van der Waals surface area contributed by atoms with Crippen LogP contribution in [0, 0.1) is 0 Å². The van der Waals surface area contributed by atoms with Gasteiger partial charge in [0.1, 0.15) is 30.4 Å². The van der Waals surface area contributed by atoms with Gasteiger partial charge < -0.3 is 42.6 Å². The highest BCUT2D eigenvalue weighted by Gasteiger charge is 2.62. The van der Waals surface area contributed by atoms with Gasteiger partial charge in [-0.25, -0.2) is 0 Å². The maximum absolute atomic E-state index is 15.0. The zero-order valence-electron chi connectivity index (χ0n) is 41.3. The summed E-state index contributed by atoms with van der Waals surface area (Å²) in [6.45, 7) is 2.49. The number of hydrogen-bond donors (Lipinski definition) is 0. The second-order valence-corrected chi connectivity index (χ2v) is 21.6. The number of alkyl halides is 2. The molecule has 18 nitrogen and oxygen atoms in total. The third kappa shape index (κ3) is 12.9. The second-order valence-electron chi connectivity index (χ2n) is 18.2. The normalized spacial score (nSPS) is 25.4. The van der Waals surface area contributed by atoms with Crippen molar-refractivity contribution in [1.29, 1.82) is 0 Å². The van der Waals surface area contributed by atoms with E-state index >= 15 is 0 Å². The average Bonchev–Trinajstić information content (AvgIpc) is 3.90. The number of imide groups is 2. The highest BCUT2D eigenvalue weighted by Crippen LogP contribution is 2.47. The fourth-order valence-electron chi connectivity index (χ4n) is 9.58. The molecule has 0 saturated carbocycles. The minimum absolute atomic E-state index is 0.000820. The first kappa shape index (κ1) is 58.6. The summed E-state index contributed by atoms with van der Waals surface area (Å²) in [6, 6.07) is 20.6. The summed E-state index contributed by atoms with van der Waals surface area (Å²) in [5.74, 6) is -6.61. The van der Waals surface area contributed by atoms with Crippen LogP contribution in [-0.2, 0) is 70.2 Å². The predicted molar refractivity (Wildman–Crippen MR) is 284 cm³/mol. The molecule has 4 aliphatic rings. The topological polar surface area (TPSA) is 209 Å². The summed E-state index contributed by atoms with van der Waals surface area (Å²) in [7, 11) is 0. The van der Waals surface area contributed by atoms with Gasteiger partial charge in [0.25, 0.3) is 23.6 Å². The van der Waals surface area contributed by atoms with Crippen LogP contribution in [-0.4, -0.2) is 143 Å². The first-order valence-corrected chi connectivity index (χ1v) is 27.7. The number of benzene rings is 4.